The fraction of sp³-hybridized carbons (Fsp3) is 0.375. The molecule has 0 radical (unpaired) electrons. The lowest BCUT2D eigenvalue weighted by atomic mass is 10.1. The highest BCUT2D eigenvalue weighted by atomic mass is 16.6. The summed E-state index contributed by atoms with van der Waals surface area (Å²) in [6, 6.07) is 1.55. The topological polar surface area (TPSA) is 96.5 Å². The van der Waals surface area contributed by atoms with E-state index in [1.165, 1.54) is 24.5 Å². The number of hydrogen-bond acceptors (Lipinski definition) is 5. The van der Waals surface area contributed by atoms with Gasteiger partial charge >= 0.3 is 0 Å². The van der Waals surface area contributed by atoms with E-state index in [0.29, 0.717) is 5.56 Å². The summed E-state index contributed by atoms with van der Waals surface area (Å²) >= 11 is 0. The molecule has 0 saturated carbocycles. The minimum atomic E-state index is -1.39. The molecule has 1 rings (SSSR count). The number of nitrogens with zero attached hydrogens (tertiary/aromatic N) is 2. The largest absolute Gasteiger partial charge is 0.389 e. The molecule has 0 aromatic carbocycles. The van der Waals surface area contributed by atoms with E-state index in [0.717, 1.165) is 0 Å². The molecule has 0 bridgehead atoms. The molecule has 0 aliphatic heterocycles. The maximum atomic E-state index is 10.4. The molecule has 1 heterocycles. The highest BCUT2D eigenvalue weighted by Crippen LogP contribution is 2.17. The van der Waals surface area contributed by atoms with Crippen LogP contribution >= 0.6 is 0 Å². The molecular weight excluding hydrogens is 188 g/mol. The van der Waals surface area contributed by atoms with Crippen molar-refractivity contribution in [2.24, 2.45) is 0 Å². The molecule has 0 saturated heterocycles. The van der Waals surface area contributed by atoms with Crippen LogP contribution in [-0.4, -0.2) is 32.8 Å². The summed E-state index contributed by atoms with van der Waals surface area (Å²) in [5, 5.41) is 28.6. The molecule has 0 aliphatic carbocycles. The second-order valence-corrected chi connectivity index (χ2v) is 2.76. The van der Waals surface area contributed by atoms with Gasteiger partial charge in [0.2, 0.25) is 0 Å². The Balaban J connectivity index is 2.83. The van der Waals surface area contributed by atoms with Gasteiger partial charge in [0, 0.05) is 17.3 Å². The van der Waals surface area contributed by atoms with Crippen molar-refractivity contribution in [2.75, 3.05) is 6.61 Å². The molecule has 76 valence electrons. The summed E-state index contributed by atoms with van der Waals surface area (Å²) in [7, 11) is 0. The van der Waals surface area contributed by atoms with Gasteiger partial charge in [-0.2, -0.15) is 0 Å². The normalized spacial score (nSPS) is 14.7. The van der Waals surface area contributed by atoms with Crippen molar-refractivity contribution in [3.63, 3.8) is 0 Å². The van der Waals surface area contributed by atoms with Crippen LogP contribution in [0.25, 0.3) is 0 Å². The van der Waals surface area contributed by atoms with Crippen molar-refractivity contribution >= 4 is 0 Å². The van der Waals surface area contributed by atoms with Crippen LogP contribution in [0.2, 0.25) is 0 Å². The second kappa shape index (κ2) is 4.64. The van der Waals surface area contributed by atoms with Gasteiger partial charge in [-0.1, -0.05) is 0 Å². The van der Waals surface area contributed by atoms with Crippen molar-refractivity contribution in [1.29, 1.82) is 0 Å². The SMILES string of the molecule is O=[N+]([O-])[C@H](CO)[C@@H](O)c1ccncc1. The molecule has 2 N–H and O–H groups in total. The second-order valence-electron chi connectivity index (χ2n) is 2.76. The molecule has 0 unspecified atom stereocenters. The zero-order valence-corrected chi connectivity index (χ0v) is 7.28. The van der Waals surface area contributed by atoms with Crippen LogP contribution in [0.4, 0.5) is 0 Å². The van der Waals surface area contributed by atoms with Crippen molar-refractivity contribution < 1.29 is 15.1 Å². The molecule has 6 heteroatoms. The first-order chi connectivity index (χ1) is 6.66. The first-order valence-corrected chi connectivity index (χ1v) is 3.99. The average Bonchev–Trinajstić information content (AvgIpc) is 2.19. The minimum absolute atomic E-state index is 0.371. The third kappa shape index (κ3) is 2.24. The lowest BCUT2D eigenvalue weighted by Gasteiger charge is -2.13. The maximum absolute atomic E-state index is 10.4. The summed E-state index contributed by atoms with van der Waals surface area (Å²) in [6.07, 6.45) is 1.54. The fourth-order valence-corrected chi connectivity index (χ4v) is 1.06. The summed E-state index contributed by atoms with van der Waals surface area (Å²) in [5.74, 6) is 0. The van der Waals surface area contributed by atoms with Crippen LogP contribution in [0.3, 0.4) is 0 Å². The first kappa shape index (κ1) is 10.6. The van der Waals surface area contributed by atoms with E-state index in [-0.39, 0.29) is 0 Å². The number of hydrogen-bond donors (Lipinski definition) is 2. The predicted octanol–water partition coefficient (Wildman–Crippen LogP) is -0.247. The monoisotopic (exact) mass is 198 g/mol. The van der Waals surface area contributed by atoms with E-state index in [9.17, 15) is 15.2 Å². The number of aromatic nitrogens is 1. The Kier molecular flexibility index (Phi) is 3.49. The minimum Gasteiger partial charge on any atom is -0.389 e. The van der Waals surface area contributed by atoms with Crippen LogP contribution in [-0.2, 0) is 0 Å². The predicted molar refractivity (Wildman–Crippen MR) is 47.1 cm³/mol. The van der Waals surface area contributed by atoms with Crippen LogP contribution in [0.1, 0.15) is 11.7 Å². The molecule has 0 fully saturated rings. The number of rotatable bonds is 4. The Labute approximate surface area is 80.0 Å². The summed E-state index contributed by atoms with van der Waals surface area (Å²) in [6.45, 7) is -0.698. The lowest BCUT2D eigenvalue weighted by Crippen LogP contribution is -2.31. The number of aliphatic hydroxyl groups excluding tert-OH is 2. The van der Waals surface area contributed by atoms with E-state index in [2.05, 4.69) is 4.98 Å². The molecule has 6 nitrogen and oxygen atoms in total. The van der Waals surface area contributed by atoms with Gasteiger partial charge in [-0.15, -0.1) is 0 Å². The average molecular weight is 198 g/mol. The van der Waals surface area contributed by atoms with E-state index in [1.807, 2.05) is 0 Å². The molecular formula is C8H10N2O4. The van der Waals surface area contributed by atoms with Crippen LogP contribution in [0, 0.1) is 10.1 Å². The standard InChI is InChI=1S/C8H10N2O4/c11-5-7(10(13)14)8(12)6-1-3-9-4-2-6/h1-4,7-8,11-12H,5H2/t7-,8+/m1/s1. The van der Waals surface area contributed by atoms with Crippen molar-refractivity contribution in [3.8, 4) is 0 Å². The van der Waals surface area contributed by atoms with Gasteiger partial charge in [0.15, 0.2) is 0 Å². The summed E-state index contributed by atoms with van der Waals surface area (Å²) in [5.41, 5.74) is 0.371. The summed E-state index contributed by atoms with van der Waals surface area (Å²) in [4.78, 5) is 13.4. The smallest absolute Gasteiger partial charge is 0.265 e. The van der Waals surface area contributed by atoms with E-state index in [1.54, 1.807) is 0 Å². The van der Waals surface area contributed by atoms with Crippen molar-refractivity contribution in [1.82, 2.24) is 4.98 Å². The van der Waals surface area contributed by atoms with Gasteiger partial charge in [-0.3, -0.25) is 15.1 Å². The first-order valence-electron chi connectivity index (χ1n) is 3.99. The van der Waals surface area contributed by atoms with E-state index in [4.69, 9.17) is 5.11 Å². The van der Waals surface area contributed by atoms with Crippen LogP contribution in [0.15, 0.2) is 24.5 Å². The van der Waals surface area contributed by atoms with Gasteiger partial charge in [0.05, 0.1) is 0 Å². The summed E-state index contributed by atoms with van der Waals surface area (Å²) < 4.78 is 0. The zero-order valence-electron chi connectivity index (χ0n) is 7.28. The Bertz CT molecular complexity index is 303. The van der Waals surface area contributed by atoms with Crippen LogP contribution in [0.5, 0.6) is 0 Å². The number of nitro groups is 1. The molecule has 1 aromatic heterocycles. The molecule has 14 heavy (non-hydrogen) atoms. The Morgan fingerprint density at radius 2 is 2.07 bits per heavy atom. The van der Waals surface area contributed by atoms with Gasteiger partial charge in [-0.05, 0) is 17.7 Å². The Morgan fingerprint density at radius 3 is 2.50 bits per heavy atom. The third-order valence-corrected chi connectivity index (χ3v) is 1.87. The van der Waals surface area contributed by atoms with Crippen molar-refractivity contribution in [2.45, 2.75) is 12.1 Å². The third-order valence-electron chi connectivity index (χ3n) is 1.87. The van der Waals surface area contributed by atoms with Gasteiger partial charge in [0.1, 0.15) is 12.7 Å². The van der Waals surface area contributed by atoms with E-state index < -0.39 is 23.7 Å². The maximum Gasteiger partial charge on any atom is 0.265 e. The van der Waals surface area contributed by atoms with Crippen LogP contribution < -0.4 is 0 Å². The van der Waals surface area contributed by atoms with Gasteiger partial charge < -0.3 is 10.2 Å². The van der Waals surface area contributed by atoms with Gasteiger partial charge in [0.25, 0.3) is 6.04 Å². The van der Waals surface area contributed by atoms with Gasteiger partial charge in [-0.25, -0.2) is 0 Å². The lowest BCUT2D eigenvalue weighted by molar-refractivity contribution is -0.539. The highest BCUT2D eigenvalue weighted by Gasteiger charge is 2.30. The Morgan fingerprint density at radius 1 is 1.50 bits per heavy atom. The fourth-order valence-electron chi connectivity index (χ4n) is 1.06. The van der Waals surface area contributed by atoms with Crippen molar-refractivity contribution in [3.05, 3.63) is 40.2 Å². The zero-order chi connectivity index (χ0) is 10.6. The molecule has 0 aliphatic rings. The molecule has 0 amide bonds. The molecule has 2 atom stereocenters. The quantitative estimate of drug-likeness (QED) is 0.513. The highest BCUT2D eigenvalue weighted by molar-refractivity contribution is 5.14. The number of pyridine rings is 1. The number of aliphatic hydroxyl groups is 2. The Hall–Kier alpha value is -1.53. The molecule has 0 spiro atoms. The molecule has 1 aromatic rings. The van der Waals surface area contributed by atoms with E-state index >= 15 is 0 Å².